The Labute approximate surface area is 125 Å². The second-order valence-electron chi connectivity index (χ2n) is 4.98. The summed E-state index contributed by atoms with van der Waals surface area (Å²) in [6.07, 6.45) is 0.841. The van der Waals surface area contributed by atoms with Gasteiger partial charge in [0.05, 0.1) is 11.0 Å². The monoisotopic (exact) mass is 302 g/mol. The third kappa shape index (κ3) is 2.92. The van der Waals surface area contributed by atoms with Crippen LogP contribution in [0.4, 0.5) is 0 Å². The van der Waals surface area contributed by atoms with Crippen LogP contribution in [0.3, 0.4) is 0 Å². The molecule has 4 nitrogen and oxygen atoms in total. The highest BCUT2D eigenvalue weighted by Gasteiger charge is 2.32. The van der Waals surface area contributed by atoms with Crippen molar-refractivity contribution in [3.05, 3.63) is 42.5 Å². The molecule has 0 spiro atoms. The maximum Gasteiger partial charge on any atom is 0.242 e. The Kier molecular flexibility index (Phi) is 4.31. The van der Waals surface area contributed by atoms with E-state index >= 15 is 0 Å². The van der Waals surface area contributed by atoms with Crippen LogP contribution in [0.5, 0.6) is 0 Å². The summed E-state index contributed by atoms with van der Waals surface area (Å²) in [7, 11) is -3.75. The summed E-state index contributed by atoms with van der Waals surface area (Å²) in [5.41, 5.74) is -1.06. The van der Waals surface area contributed by atoms with E-state index < -0.39 is 15.6 Å². The molecular weight excluding hydrogens is 284 g/mol. The van der Waals surface area contributed by atoms with E-state index in [9.17, 15) is 13.7 Å². The number of nitriles is 1. The summed E-state index contributed by atoms with van der Waals surface area (Å²) in [5, 5.41) is 10.8. The van der Waals surface area contributed by atoms with Gasteiger partial charge in [0.1, 0.15) is 5.54 Å². The zero-order valence-electron chi connectivity index (χ0n) is 12.1. The molecule has 2 aromatic rings. The summed E-state index contributed by atoms with van der Waals surface area (Å²) in [4.78, 5) is 0.210. The lowest BCUT2D eigenvalue weighted by molar-refractivity contribution is 0.447. The predicted octanol–water partition coefficient (Wildman–Crippen LogP) is 3.20. The number of hydrogen-bond acceptors (Lipinski definition) is 3. The van der Waals surface area contributed by atoms with Gasteiger partial charge in [0.25, 0.3) is 0 Å². The van der Waals surface area contributed by atoms with Crippen LogP contribution in [0.1, 0.15) is 26.7 Å². The average molecular weight is 302 g/mol. The van der Waals surface area contributed by atoms with Crippen LogP contribution in [0.15, 0.2) is 47.4 Å². The summed E-state index contributed by atoms with van der Waals surface area (Å²) in [6, 6.07) is 14.6. The highest BCUT2D eigenvalue weighted by Crippen LogP contribution is 2.25. The van der Waals surface area contributed by atoms with Crippen molar-refractivity contribution >= 4 is 20.8 Å². The Morgan fingerprint density at radius 1 is 1.10 bits per heavy atom. The quantitative estimate of drug-likeness (QED) is 0.922. The summed E-state index contributed by atoms with van der Waals surface area (Å²) >= 11 is 0. The van der Waals surface area contributed by atoms with Gasteiger partial charge in [0, 0.05) is 5.39 Å². The number of fused-ring (bicyclic) bond motifs is 1. The Hall–Kier alpha value is -1.90. The van der Waals surface area contributed by atoms with Crippen LogP contribution in [0.2, 0.25) is 0 Å². The molecule has 5 heteroatoms. The highest BCUT2D eigenvalue weighted by atomic mass is 32.2. The molecule has 0 amide bonds. The minimum Gasteiger partial charge on any atom is -0.207 e. The van der Waals surface area contributed by atoms with Crippen molar-refractivity contribution in [1.82, 2.24) is 4.72 Å². The Bertz CT molecular complexity index is 782. The van der Waals surface area contributed by atoms with Crippen molar-refractivity contribution in [2.24, 2.45) is 0 Å². The first kappa shape index (κ1) is 15.5. The topological polar surface area (TPSA) is 70.0 Å². The minimum absolute atomic E-state index is 0.210. The molecule has 110 valence electrons. The third-order valence-corrected chi connectivity index (χ3v) is 5.38. The number of rotatable bonds is 5. The van der Waals surface area contributed by atoms with Crippen LogP contribution in [-0.2, 0) is 10.0 Å². The maximum atomic E-state index is 12.7. The fourth-order valence-corrected chi connectivity index (χ4v) is 4.01. The zero-order valence-corrected chi connectivity index (χ0v) is 12.9. The van der Waals surface area contributed by atoms with Crippen LogP contribution in [0.25, 0.3) is 10.8 Å². The van der Waals surface area contributed by atoms with Gasteiger partial charge in [-0.05, 0) is 24.3 Å². The van der Waals surface area contributed by atoms with Crippen LogP contribution in [-0.4, -0.2) is 14.0 Å². The summed E-state index contributed by atoms with van der Waals surface area (Å²) in [6.45, 7) is 3.61. The van der Waals surface area contributed by atoms with Crippen molar-refractivity contribution in [2.75, 3.05) is 0 Å². The lowest BCUT2D eigenvalue weighted by Gasteiger charge is -2.25. The minimum atomic E-state index is -3.75. The number of nitrogens with zero attached hydrogens (tertiary/aromatic N) is 1. The molecule has 0 aliphatic rings. The smallest absolute Gasteiger partial charge is 0.207 e. The molecular formula is C16H18N2O2S. The number of nitrogens with one attached hydrogen (secondary N) is 1. The van der Waals surface area contributed by atoms with Gasteiger partial charge in [-0.15, -0.1) is 0 Å². The largest absolute Gasteiger partial charge is 0.242 e. The first-order valence-corrected chi connectivity index (χ1v) is 8.39. The van der Waals surface area contributed by atoms with Gasteiger partial charge in [-0.25, -0.2) is 8.42 Å². The molecule has 0 bridgehead atoms. The average Bonchev–Trinajstić information content (AvgIpc) is 2.52. The molecule has 0 saturated heterocycles. The molecule has 0 saturated carbocycles. The van der Waals surface area contributed by atoms with Crippen molar-refractivity contribution in [3.8, 4) is 6.07 Å². The van der Waals surface area contributed by atoms with Crippen molar-refractivity contribution in [3.63, 3.8) is 0 Å². The van der Waals surface area contributed by atoms with E-state index in [1.165, 1.54) is 0 Å². The van der Waals surface area contributed by atoms with Gasteiger partial charge in [-0.1, -0.05) is 50.2 Å². The molecule has 21 heavy (non-hydrogen) atoms. The fraction of sp³-hybridized carbons (Fsp3) is 0.312. The number of hydrogen-bond donors (Lipinski definition) is 1. The molecule has 0 fully saturated rings. The summed E-state index contributed by atoms with van der Waals surface area (Å²) in [5.74, 6) is 0. The van der Waals surface area contributed by atoms with Gasteiger partial charge in [-0.3, -0.25) is 0 Å². The second kappa shape index (κ2) is 5.84. The molecule has 2 aromatic carbocycles. The van der Waals surface area contributed by atoms with Gasteiger partial charge in [0.15, 0.2) is 0 Å². The lowest BCUT2D eigenvalue weighted by atomic mass is 9.97. The highest BCUT2D eigenvalue weighted by molar-refractivity contribution is 7.89. The third-order valence-electron chi connectivity index (χ3n) is 3.79. The molecule has 2 rings (SSSR count). The van der Waals surface area contributed by atoms with Crippen LogP contribution < -0.4 is 4.72 Å². The van der Waals surface area contributed by atoms with Crippen molar-refractivity contribution in [1.29, 1.82) is 5.26 Å². The predicted molar refractivity (Wildman–Crippen MR) is 83.2 cm³/mol. The van der Waals surface area contributed by atoms with E-state index in [0.29, 0.717) is 18.2 Å². The van der Waals surface area contributed by atoms with Crippen molar-refractivity contribution < 1.29 is 8.42 Å². The molecule has 0 aliphatic heterocycles. The van der Waals surface area contributed by atoms with Gasteiger partial charge < -0.3 is 0 Å². The maximum absolute atomic E-state index is 12.7. The lowest BCUT2D eigenvalue weighted by Crippen LogP contribution is -2.46. The fourth-order valence-electron chi connectivity index (χ4n) is 2.32. The van der Waals surface area contributed by atoms with Crippen LogP contribution >= 0.6 is 0 Å². The second-order valence-corrected chi connectivity index (χ2v) is 6.63. The molecule has 1 N–H and O–H groups in total. The standard InChI is InChI=1S/C16H18N2O2S/c1-3-16(4-2,12-17)18-21(19,20)15-11-7-9-13-8-5-6-10-14(13)15/h5-11,18H,3-4H2,1-2H3. The van der Waals surface area contributed by atoms with E-state index in [1.807, 2.05) is 18.2 Å². The van der Waals surface area contributed by atoms with Gasteiger partial charge >= 0.3 is 0 Å². The zero-order chi connectivity index (χ0) is 15.5. The molecule has 0 aliphatic carbocycles. The Morgan fingerprint density at radius 2 is 1.71 bits per heavy atom. The van der Waals surface area contributed by atoms with E-state index in [-0.39, 0.29) is 4.90 Å². The molecule has 0 radical (unpaired) electrons. The molecule has 0 heterocycles. The van der Waals surface area contributed by atoms with Gasteiger partial charge in [-0.2, -0.15) is 9.98 Å². The SMILES string of the molecule is CCC(C#N)(CC)NS(=O)(=O)c1cccc2ccccc12. The number of benzene rings is 2. The van der Waals surface area contributed by atoms with Crippen LogP contribution in [0, 0.1) is 11.3 Å². The number of sulfonamides is 1. The van der Waals surface area contributed by atoms with E-state index in [4.69, 9.17) is 0 Å². The molecule has 0 atom stereocenters. The first-order valence-electron chi connectivity index (χ1n) is 6.91. The van der Waals surface area contributed by atoms with E-state index in [1.54, 1.807) is 38.1 Å². The van der Waals surface area contributed by atoms with E-state index in [0.717, 1.165) is 5.39 Å². The Balaban J connectivity index is 2.56. The molecule has 0 unspecified atom stereocenters. The van der Waals surface area contributed by atoms with Gasteiger partial charge in [0.2, 0.25) is 10.0 Å². The normalized spacial score (nSPS) is 12.2. The summed E-state index contributed by atoms with van der Waals surface area (Å²) < 4.78 is 27.9. The first-order chi connectivity index (χ1) is 9.98. The molecule has 0 aromatic heterocycles. The van der Waals surface area contributed by atoms with Crippen molar-refractivity contribution in [2.45, 2.75) is 37.1 Å². The van der Waals surface area contributed by atoms with E-state index in [2.05, 4.69) is 10.8 Å². The Morgan fingerprint density at radius 3 is 2.33 bits per heavy atom.